The summed E-state index contributed by atoms with van der Waals surface area (Å²) in [4.78, 5) is 46.8. The van der Waals surface area contributed by atoms with E-state index in [-0.39, 0.29) is 36.6 Å². The molecule has 11 nitrogen and oxygen atoms in total. The number of carbonyl (C=O) groups is 4. The number of ether oxygens (including phenoxy) is 4. The van der Waals surface area contributed by atoms with Crippen LogP contribution in [0.5, 0.6) is 0 Å². The summed E-state index contributed by atoms with van der Waals surface area (Å²) in [6.07, 6.45) is 2.21. The van der Waals surface area contributed by atoms with Crippen molar-refractivity contribution in [3.8, 4) is 0 Å². The molecular formula is C29H53N3O8. The van der Waals surface area contributed by atoms with E-state index >= 15 is 0 Å². The van der Waals surface area contributed by atoms with Crippen molar-refractivity contribution in [1.82, 2.24) is 16.0 Å². The summed E-state index contributed by atoms with van der Waals surface area (Å²) in [6.45, 7) is 21.1. The monoisotopic (exact) mass is 571 g/mol. The zero-order valence-electron chi connectivity index (χ0n) is 25.9. The quantitative estimate of drug-likeness (QED) is 0.0833. The summed E-state index contributed by atoms with van der Waals surface area (Å²) >= 11 is 0. The fraction of sp³-hybridized carbons (Fsp3) is 0.793. The normalized spacial score (nSPS) is 13.0. The minimum absolute atomic E-state index is 0.0326. The third kappa shape index (κ3) is 20.9. The summed E-state index contributed by atoms with van der Waals surface area (Å²) in [7, 11) is 0. The lowest BCUT2D eigenvalue weighted by molar-refractivity contribution is -0.138. The number of hydrogen-bond acceptors (Lipinski definition) is 8. The van der Waals surface area contributed by atoms with E-state index in [2.05, 4.69) is 64.1 Å². The summed E-state index contributed by atoms with van der Waals surface area (Å²) in [5, 5.41) is 8.19. The molecule has 0 rings (SSSR count). The van der Waals surface area contributed by atoms with Crippen LogP contribution in [0.4, 0.5) is 14.4 Å². The average molecular weight is 572 g/mol. The molecule has 0 aliphatic heterocycles. The van der Waals surface area contributed by atoms with Gasteiger partial charge < -0.3 is 34.9 Å². The Bertz CT molecular complexity index is 798. The molecular weight excluding hydrogens is 518 g/mol. The molecule has 0 aromatic heterocycles. The van der Waals surface area contributed by atoms with Crippen LogP contribution in [-0.4, -0.2) is 69.8 Å². The van der Waals surface area contributed by atoms with Crippen LogP contribution in [0.15, 0.2) is 12.7 Å². The lowest BCUT2D eigenvalue weighted by atomic mass is 9.80. The van der Waals surface area contributed by atoms with Gasteiger partial charge in [-0.15, -0.1) is 0 Å². The first-order chi connectivity index (χ1) is 18.5. The van der Waals surface area contributed by atoms with Crippen LogP contribution < -0.4 is 16.0 Å². The second kappa shape index (κ2) is 19.2. The van der Waals surface area contributed by atoms with Crippen LogP contribution >= 0.6 is 0 Å². The van der Waals surface area contributed by atoms with Crippen LogP contribution in [0.25, 0.3) is 0 Å². The maximum absolute atomic E-state index is 12.2. The molecule has 40 heavy (non-hydrogen) atoms. The van der Waals surface area contributed by atoms with E-state index in [1.807, 2.05) is 6.92 Å². The smallest absolute Gasteiger partial charge is 0.407 e. The van der Waals surface area contributed by atoms with Gasteiger partial charge in [-0.1, -0.05) is 55.0 Å². The highest BCUT2D eigenvalue weighted by Crippen LogP contribution is 2.29. The summed E-state index contributed by atoms with van der Waals surface area (Å²) in [5.41, 5.74) is 0.0367. The zero-order valence-corrected chi connectivity index (χ0v) is 25.9. The van der Waals surface area contributed by atoms with Gasteiger partial charge >= 0.3 is 24.2 Å². The Morgan fingerprint density at radius 1 is 0.750 bits per heavy atom. The number of rotatable bonds is 19. The van der Waals surface area contributed by atoms with Gasteiger partial charge in [0.2, 0.25) is 0 Å². The van der Waals surface area contributed by atoms with E-state index < -0.39 is 30.4 Å². The van der Waals surface area contributed by atoms with Crippen molar-refractivity contribution in [2.75, 3.05) is 39.5 Å². The predicted octanol–water partition coefficient (Wildman–Crippen LogP) is 5.19. The van der Waals surface area contributed by atoms with Crippen molar-refractivity contribution in [2.45, 2.75) is 87.2 Å². The van der Waals surface area contributed by atoms with E-state index in [4.69, 9.17) is 18.9 Å². The highest BCUT2D eigenvalue weighted by atomic mass is 16.6. The average Bonchev–Trinajstić information content (AvgIpc) is 2.82. The molecule has 0 aliphatic rings. The molecule has 11 heteroatoms. The van der Waals surface area contributed by atoms with Gasteiger partial charge in [-0.25, -0.2) is 19.2 Å². The van der Waals surface area contributed by atoms with Gasteiger partial charge in [-0.05, 0) is 55.3 Å². The van der Waals surface area contributed by atoms with Gasteiger partial charge in [0, 0.05) is 25.7 Å². The lowest BCUT2D eigenvalue weighted by Gasteiger charge is -2.28. The SMILES string of the molecule is C=CC(=O)OCCOC(=O)NCCC(C)(C)CC(C)CNC(=O)OC(C)COC(=O)NCCC(C)(C)CC(C)C. The van der Waals surface area contributed by atoms with E-state index in [0.717, 1.165) is 25.3 Å². The fourth-order valence-electron chi connectivity index (χ4n) is 4.48. The molecule has 2 atom stereocenters. The highest BCUT2D eigenvalue weighted by Gasteiger charge is 2.23. The molecule has 0 radical (unpaired) electrons. The second-order valence-corrected chi connectivity index (χ2v) is 12.3. The van der Waals surface area contributed by atoms with Crippen LogP contribution in [-0.2, 0) is 23.7 Å². The number of esters is 1. The third-order valence-corrected chi connectivity index (χ3v) is 6.08. The number of amides is 3. The Hall–Kier alpha value is -2.98. The Labute approximate surface area is 240 Å². The summed E-state index contributed by atoms with van der Waals surface area (Å²) in [5.74, 6) is 0.181. The fourth-order valence-corrected chi connectivity index (χ4v) is 4.48. The first-order valence-electron chi connectivity index (χ1n) is 14.1. The summed E-state index contributed by atoms with van der Waals surface area (Å²) in [6, 6.07) is 0. The lowest BCUT2D eigenvalue weighted by Crippen LogP contribution is -2.36. The maximum atomic E-state index is 12.2. The van der Waals surface area contributed by atoms with Crippen molar-refractivity contribution in [1.29, 1.82) is 0 Å². The minimum atomic E-state index is -0.588. The van der Waals surface area contributed by atoms with Crippen LogP contribution in [0.1, 0.15) is 81.1 Å². The molecule has 0 aliphatic carbocycles. The molecule has 0 fully saturated rings. The van der Waals surface area contributed by atoms with Gasteiger partial charge in [-0.3, -0.25) is 0 Å². The predicted molar refractivity (Wildman–Crippen MR) is 154 cm³/mol. The maximum Gasteiger partial charge on any atom is 0.407 e. The number of carbonyl (C=O) groups excluding carboxylic acids is 4. The molecule has 2 unspecified atom stereocenters. The topological polar surface area (TPSA) is 141 Å². The van der Waals surface area contributed by atoms with Crippen molar-refractivity contribution < 1.29 is 38.1 Å². The minimum Gasteiger partial charge on any atom is -0.459 e. The molecule has 232 valence electrons. The molecule has 3 amide bonds. The Morgan fingerprint density at radius 3 is 1.82 bits per heavy atom. The molecule has 0 heterocycles. The Kier molecular flexibility index (Phi) is 17.7. The van der Waals surface area contributed by atoms with Crippen LogP contribution in [0, 0.1) is 22.7 Å². The van der Waals surface area contributed by atoms with Gasteiger partial charge in [-0.2, -0.15) is 0 Å². The van der Waals surface area contributed by atoms with Crippen LogP contribution in [0.2, 0.25) is 0 Å². The van der Waals surface area contributed by atoms with E-state index in [0.29, 0.717) is 32.0 Å². The van der Waals surface area contributed by atoms with Crippen molar-refractivity contribution in [3.63, 3.8) is 0 Å². The molecule has 3 N–H and O–H groups in total. The van der Waals surface area contributed by atoms with Gasteiger partial charge in [0.05, 0.1) is 0 Å². The largest absolute Gasteiger partial charge is 0.459 e. The number of nitrogens with one attached hydrogen (secondary N) is 3. The zero-order chi connectivity index (χ0) is 30.8. The third-order valence-electron chi connectivity index (χ3n) is 6.08. The first-order valence-corrected chi connectivity index (χ1v) is 14.1. The highest BCUT2D eigenvalue weighted by molar-refractivity contribution is 5.81. The van der Waals surface area contributed by atoms with Crippen molar-refractivity contribution >= 4 is 24.2 Å². The molecule has 0 saturated carbocycles. The summed E-state index contributed by atoms with van der Waals surface area (Å²) < 4.78 is 20.1. The van der Waals surface area contributed by atoms with E-state index in [1.165, 1.54) is 0 Å². The van der Waals surface area contributed by atoms with Gasteiger partial charge in [0.25, 0.3) is 0 Å². The van der Waals surface area contributed by atoms with Crippen molar-refractivity contribution in [2.24, 2.45) is 22.7 Å². The molecule has 0 saturated heterocycles. The molecule has 0 spiro atoms. The first kappa shape index (κ1) is 37.0. The molecule has 0 aromatic rings. The number of alkyl carbamates (subject to hydrolysis) is 3. The number of hydrogen-bond donors (Lipinski definition) is 3. The second-order valence-electron chi connectivity index (χ2n) is 12.3. The standard InChI is InChI=1S/C29H53N3O8/c1-10-24(33)37-15-16-38-25(34)30-14-12-29(8,9)18-22(4)19-32-27(36)40-23(5)20-39-26(35)31-13-11-28(6,7)17-21(2)3/h10,21-23H,1,11-20H2,2-9H3,(H,30,34)(H,31,35)(H,32,36). The van der Waals surface area contributed by atoms with Crippen molar-refractivity contribution in [3.05, 3.63) is 12.7 Å². The Balaban J connectivity index is 4.10. The Morgan fingerprint density at radius 2 is 1.27 bits per heavy atom. The van der Waals surface area contributed by atoms with Gasteiger partial charge in [0.1, 0.15) is 25.9 Å². The van der Waals surface area contributed by atoms with E-state index in [9.17, 15) is 19.2 Å². The molecule has 0 bridgehead atoms. The van der Waals surface area contributed by atoms with Gasteiger partial charge in [0.15, 0.2) is 0 Å². The molecule has 0 aromatic carbocycles. The van der Waals surface area contributed by atoms with E-state index in [1.54, 1.807) is 6.92 Å². The van der Waals surface area contributed by atoms with Crippen LogP contribution in [0.3, 0.4) is 0 Å².